The lowest BCUT2D eigenvalue weighted by molar-refractivity contribution is -0.0958. The molecule has 3 rings (SSSR count). The van der Waals surface area contributed by atoms with Gasteiger partial charge in [0.05, 0.1) is 27.3 Å². The summed E-state index contributed by atoms with van der Waals surface area (Å²) in [5.41, 5.74) is -0.127. The van der Waals surface area contributed by atoms with Gasteiger partial charge in [-0.3, -0.25) is 4.79 Å². The van der Waals surface area contributed by atoms with Crippen molar-refractivity contribution in [2.75, 3.05) is 27.3 Å². The summed E-state index contributed by atoms with van der Waals surface area (Å²) in [5, 5.41) is 10.3. The Morgan fingerprint density at radius 1 is 1.20 bits per heavy atom. The molecule has 5 nitrogen and oxygen atoms in total. The highest BCUT2D eigenvalue weighted by atomic mass is 16.5. The van der Waals surface area contributed by atoms with E-state index in [9.17, 15) is 9.90 Å². The minimum atomic E-state index is -0.654. The number of nitrogens with zero attached hydrogens (tertiary/aromatic N) is 1. The van der Waals surface area contributed by atoms with Gasteiger partial charge >= 0.3 is 0 Å². The van der Waals surface area contributed by atoms with Crippen LogP contribution in [-0.2, 0) is 0 Å². The molecule has 0 radical (unpaired) electrons. The molecule has 5 heteroatoms. The second-order valence-corrected chi connectivity index (χ2v) is 5.64. The van der Waals surface area contributed by atoms with Crippen LogP contribution in [0.15, 0.2) is 18.2 Å². The van der Waals surface area contributed by atoms with Crippen LogP contribution in [0.5, 0.6) is 11.5 Å². The fourth-order valence-electron chi connectivity index (χ4n) is 2.75. The molecule has 1 amide bonds. The lowest BCUT2D eigenvalue weighted by atomic mass is 9.88. The van der Waals surface area contributed by atoms with E-state index in [4.69, 9.17) is 9.47 Å². The predicted molar refractivity (Wildman–Crippen MR) is 73.1 cm³/mol. The van der Waals surface area contributed by atoms with Crippen molar-refractivity contribution in [2.24, 2.45) is 5.92 Å². The molecule has 1 aromatic carbocycles. The number of carbonyl (C=O) groups is 1. The van der Waals surface area contributed by atoms with Gasteiger partial charge in [0.15, 0.2) is 0 Å². The van der Waals surface area contributed by atoms with E-state index in [1.165, 1.54) is 0 Å². The molecule has 1 saturated heterocycles. The maximum atomic E-state index is 12.4. The Balaban J connectivity index is 1.74. The first-order chi connectivity index (χ1) is 9.55. The van der Waals surface area contributed by atoms with Crippen molar-refractivity contribution in [3.05, 3.63) is 23.8 Å². The van der Waals surface area contributed by atoms with Gasteiger partial charge in [0, 0.05) is 11.6 Å². The van der Waals surface area contributed by atoms with Crippen LogP contribution in [0.3, 0.4) is 0 Å². The van der Waals surface area contributed by atoms with Crippen molar-refractivity contribution < 1.29 is 19.4 Å². The van der Waals surface area contributed by atoms with Crippen LogP contribution in [0.25, 0.3) is 0 Å². The molecule has 108 valence electrons. The lowest BCUT2D eigenvalue weighted by Crippen LogP contribution is -2.64. The highest BCUT2D eigenvalue weighted by Crippen LogP contribution is 2.44. The second-order valence-electron chi connectivity index (χ2n) is 5.64. The molecular formula is C15H19NO4. The topological polar surface area (TPSA) is 59.0 Å². The quantitative estimate of drug-likeness (QED) is 0.901. The van der Waals surface area contributed by atoms with E-state index >= 15 is 0 Å². The summed E-state index contributed by atoms with van der Waals surface area (Å²) < 4.78 is 10.3. The first kappa shape index (κ1) is 13.2. The molecule has 0 aromatic heterocycles. The van der Waals surface area contributed by atoms with Crippen molar-refractivity contribution in [1.29, 1.82) is 0 Å². The molecule has 2 aliphatic rings. The maximum Gasteiger partial charge on any atom is 0.254 e. The van der Waals surface area contributed by atoms with Crippen molar-refractivity contribution in [3.8, 4) is 11.5 Å². The molecular weight excluding hydrogens is 258 g/mol. The molecule has 0 spiro atoms. The fraction of sp³-hybridized carbons (Fsp3) is 0.533. The van der Waals surface area contributed by atoms with Crippen LogP contribution in [-0.4, -0.2) is 48.8 Å². The molecule has 20 heavy (non-hydrogen) atoms. The van der Waals surface area contributed by atoms with E-state index in [0.717, 1.165) is 12.8 Å². The standard InChI is InChI=1S/C15H19NO4/c1-19-12-5-10(6-13(7-12)20-2)14(17)16-8-15(18,9-16)11-3-4-11/h5-7,11,18H,3-4,8-9H2,1-2H3. The zero-order valence-electron chi connectivity index (χ0n) is 11.8. The first-order valence-corrected chi connectivity index (χ1v) is 6.80. The number of methoxy groups -OCH3 is 2. The Bertz CT molecular complexity index is 510. The normalized spacial score (nSPS) is 20.2. The molecule has 1 saturated carbocycles. The summed E-state index contributed by atoms with van der Waals surface area (Å²) in [7, 11) is 3.11. The summed E-state index contributed by atoms with van der Waals surface area (Å²) in [6, 6.07) is 5.12. The smallest absolute Gasteiger partial charge is 0.254 e. The van der Waals surface area contributed by atoms with Gasteiger partial charge in [-0.15, -0.1) is 0 Å². The number of ether oxygens (including phenoxy) is 2. The summed E-state index contributed by atoms with van der Waals surface area (Å²) in [6.07, 6.45) is 2.15. The number of benzene rings is 1. The zero-order chi connectivity index (χ0) is 14.3. The number of aliphatic hydroxyl groups is 1. The molecule has 1 aliphatic carbocycles. The summed E-state index contributed by atoms with van der Waals surface area (Å²) in [5.74, 6) is 1.47. The molecule has 1 heterocycles. The van der Waals surface area contributed by atoms with Gasteiger partial charge in [-0.2, -0.15) is 0 Å². The Morgan fingerprint density at radius 3 is 2.20 bits per heavy atom. The SMILES string of the molecule is COc1cc(OC)cc(C(=O)N2CC(O)(C3CC3)C2)c1. The number of carbonyl (C=O) groups excluding carboxylic acids is 1. The number of likely N-dealkylation sites (tertiary alicyclic amines) is 1. The Morgan fingerprint density at radius 2 is 1.75 bits per heavy atom. The summed E-state index contributed by atoms with van der Waals surface area (Å²) in [6.45, 7) is 0.853. The molecule has 0 bridgehead atoms. The van der Waals surface area contributed by atoms with Crippen LogP contribution in [0.2, 0.25) is 0 Å². The van der Waals surface area contributed by atoms with Gasteiger partial charge in [-0.25, -0.2) is 0 Å². The number of hydrogen-bond acceptors (Lipinski definition) is 4. The number of hydrogen-bond donors (Lipinski definition) is 1. The summed E-state index contributed by atoms with van der Waals surface area (Å²) >= 11 is 0. The van der Waals surface area contributed by atoms with Gasteiger partial charge in [-0.05, 0) is 30.9 Å². The molecule has 1 aliphatic heterocycles. The fourth-order valence-corrected chi connectivity index (χ4v) is 2.75. The van der Waals surface area contributed by atoms with Crippen LogP contribution >= 0.6 is 0 Å². The minimum absolute atomic E-state index is 0.0903. The highest BCUT2D eigenvalue weighted by molar-refractivity contribution is 5.95. The van der Waals surface area contributed by atoms with Crippen molar-refractivity contribution in [2.45, 2.75) is 18.4 Å². The largest absolute Gasteiger partial charge is 0.497 e. The first-order valence-electron chi connectivity index (χ1n) is 6.80. The van der Waals surface area contributed by atoms with Gasteiger partial charge in [0.2, 0.25) is 0 Å². The van der Waals surface area contributed by atoms with E-state index in [1.54, 1.807) is 37.3 Å². The Labute approximate surface area is 118 Å². The third-order valence-electron chi connectivity index (χ3n) is 4.15. The van der Waals surface area contributed by atoms with Gasteiger partial charge < -0.3 is 19.5 Å². The average molecular weight is 277 g/mol. The average Bonchev–Trinajstić information content (AvgIpc) is 3.27. The molecule has 0 unspecified atom stereocenters. The monoisotopic (exact) mass is 277 g/mol. The van der Waals surface area contributed by atoms with Crippen LogP contribution in [0, 0.1) is 5.92 Å². The van der Waals surface area contributed by atoms with E-state index < -0.39 is 5.60 Å². The number of amides is 1. The minimum Gasteiger partial charge on any atom is -0.497 e. The maximum absolute atomic E-state index is 12.4. The predicted octanol–water partition coefficient (Wildman–Crippen LogP) is 1.30. The molecule has 0 atom stereocenters. The molecule has 1 aromatic rings. The second kappa shape index (κ2) is 4.66. The Hall–Kier alpha value is -1.75. The van der Waals surface area contributed by atoms with Crippen LogP contribution < -0.4 is 9.47 Å². The third kappa shape index (κ3) is 2.22. The van der Waals surface area contributed by atoms with Gasteiger partial charge in [-0.1, -0.05) is 0 Å². The van der Waals surface area contributed by atoms with Gasteiger partial charge in [0.25, 0.3) is 5.91 Å². The van der Waals surface area contributed by atoms with E-state index in [1.807, 2.05) is 0 Å². The highest BCUT2D eigenvalue weighted by Gasteiger charge is 2.53. The van der Waals surface area contributed by atoms with Crippen LogP contribution in [0.4, 0.5) is 0 Å². The van der Waals surface area contributed by atoms with Crippen molar-refractivity contribution in [3.63, 3.8) is 0 Å². The van der Waals surface area contributed by atoms with E-state index in [2.05, 4.69) is 0 Å². The molecule has 2 fully saturated rings. The lowest BCUT2D eigenvalue weighted by Gasteiger charge is -2.47. The number of β-amino-alcohol motifs (C(OH)–C–C–N with tert-alkyl or cyclic N) is 1. The number of rotatable bonds is 4. The van der Waals surface area contributed by atoms with Crippen molar-refractivity contribution >= 4 is 5.91 Å². The zero-order valence-corrected chi connectivity index (χ0v) is 11.8. The van der Waals surface area contributed by atoms with Gasteiger partial charge in [0.1, 0.15) is 17.1 Å². The third-order valence-corrected chi connectivity index (χ3v) is 4.15. The van der Waals surface area contributed by atoms with Crippen molar-refractivity contribution in [1.82, 2.24) is 4.90 Å². The van der Waals surface area contributed by atoms with E-state index in [-0.39, 0.29) is 5.91 Å². The molecule has 1 N–H and O–H groups in total. The van der Waals surface area contributed by atoms with E-state index in [0.29, 0.717) is 36.1 Å². The Kier molecular flexibility index (Phi) is 3.09. The van der Waals surface area contributed by atoms with Crippen LogP contribution in [0.1, 0.15) is 23.2 Å². The summed E-state index contributed by atoms with van der Waals surface area (Å²) in [4.78, 5) is 14.1.